The van der Waals surface area contributed by atoms with Gasteiger partial charge in [0.15, 0.2) is 0 Å². The van der Waals surface area contributed by atoms with Gasteiger partial charge in [0, 0.05) is 24.7 Å². The molecular formula is C18H36N2O. The molecule has 124 valence electrons. The van der Waals surface area contributed by atoms with Gasteiger partial charge in [-0.05, 0) is 64.3 Å². The third-order valence-corrected chi connectivity index (χ3v) is 5.58. The molecule has 1 heterocycles. The molecule has 2 rings (SSSR count). The van der Waals surface area contributed by atoms with E-state index in [1.807, 2.05) is 0 Å². The van der Waals surface area contributed by atoms with E-state index in [9.17, 15) is 5.11 Å². The Hall–Kier alpha value is -0.120. The number of aliphatic hydroxyl groups excluding tert-OH is 1. The second-order valence-corrected chi connectivity index (χ2v) is 8.74. The van der Waals surface area contributed by atoms with Crippen molar-refractivity contribution < 1.29 is 5.11 Å². The van der Waals surface area contributed by atoms with Gasteiger partial charge in [0.1, 0.15) is 0 Å². The Kier molecular flexibility index (Phi) is 5.72. The van der Waals surface area contributed by atoms with E-state index in [0.29, 0.717) is 18.1 Å². The quantitative estimate of drug-likeness (QED) is 0.818. The molecule has 2 fully saturated rings. The molecule has 0 aromatic rings. The summed E-state index contributed by atoms with van der Waals surface area (Å²) >= 11 is 0. The zero-order valence-electron chi connectivity index (χ0n) is 14.6. The van der Waals surface area contributed by atoms with Gasteiger partial charge in [-0.2, -0.15) is 0 Å². The Labute approximate surface area is 131 Å². The van der Waals surface area contributed by atoms with Gasteiger partial charge < -0.3 is 10.4 Å². The van der Waals surface area contributed by atoms with Crippen molar-refractivity contribution in [1.82, 2.24) is 10.2 Å². The van der Waals surface area contributed by atoms with Gasteiger partial charge in [0.05, 0.1) is 6.61 Å². The van der Waals surface area contributed by atoms with Crippen LogP contribution in [0.5, 0.6) is 0 Å². The summed E-state index contributed by atoms with van der Waals surface area (Å²) in [7, 11) is 0. The van der Waals surface area contributed by atoms with E-state index >= 15 is 0 Å². The number of nitrogens with one attached hydrogen (secondary N) is 1. The van der Waals surface area contributed by atoms with Gasteiger partial charge in [-0.1, -0.05) is 19.8 Å². The first-order valence-corrected chi connectivity index (χ1v) is 8.93. The van der Waals surface area contributed by atoms with Crippen LogP contribution in [0.25, 0.3) is 0 Å². The molecule has 3 nitrogen and oxygen atoms in total. The first-order chi connectivity index (χ1) is 9.84. The summed E-state index contributed by atoms with van der Waals surface area (Å²) in [5.74, 6) is 0.889. The van der Waals surface area contributed by atoms with Crippen molar-refractivity contribution >= 4 is 0 Å². The molecule has 1 unspecified atom stereocenters. The summed E-state index contributed by atoms with van der Waals surface area (Å²) in [5, 5.41) is 13.4. The van der Waals surface area contributed by atoms with Crippen LogP contribution in [0.4, 0.5) is 0 Å². The minimum Gasteiger partial charge on any atom is -0.395 e. The topological polar surface area (TPSA) is 35.5 Å². The third kappa shape index (κ3) is 4.94. The highest BCUT2D eigenvalue weighted by Gasteiger charge is 2.38. The minimum atomic E-state index is 0.192. The van der Waals surface area contributed by atoms with Crippen molar-refractivity contribution in [2.75, 3.05) is 26.2 Å². The average Bonchev–Trinajstić information content (AvgIpc) is 2.86. The molecule has 1 saturated heterocycles. The Morgan fingerprint density at radius 1 is 1.19 bits per heavy atom. The number of rotatable bonds is 5. The predicted molar refractivity (Wildman–Crippen MR) is 89.5 cm³/mol. The highest BCUT2D eigenvalue weighted by atomic mass is 16.3. The second-order valence-electron chi connectivity index (χ2n) is 8.74. The molecule has 0 amide bonds. The van der Waals surface area contributed by atoms with E-state index < -0.39 is 0 Å². The molecule has 1 atom stereocenters. The largest absolute Gasteiger partial charge is 0.395 e. The summed E-state index contributed by atoms with van der Waals surface area (Å²) in [5.41, 5.74) is 0.606. The molecule has 21 heavy (non-hydrogen) atoms. The second kappa shape index (κ2) is 6.97. The number of nitrogens with zero attached hydrogens (tertiary/aromatic N) is 1. The zero-order valence-corrected chi connectivity index (χ0v) is 14.6. The van der Waals surface area contributed by atoms with Gasteiger partial charge in [-0.25, -0.2) is 0 Å². The summed E-state index contributed by atoms with van der Waals surface area (Å²) in [6.07, 6.45) is 7.84. The Bertz CT molecular complexity index is 316. The number of aliphatic hydroxyl groups is 1. The van der Waals surface area contributed by atoms with E-state index in [2.05, 4.69) is 37.9 Å². The lowest BCUT2D eigenvalue weighted by molar-refractivity contribution is 0.0587. The molecule has 0 radical (unpaired) electrons. The number of hydrogen-bond acceptors (Lipinski definition) is 3. The molecular weight excluding hydrogens is 260 g/mol. The van der Waals surface area contributed by atoms with Crippen molar-refractivity contribution in [3.05, 3.63) is 0 Å². The van der Waals surface area contributed by atoms with Crippen LogP contribution in [0.3, 0.4) is 0 Å². The van der Waals surface area contributed by atoms with Crippen molar-refractivity contribution in [3.63, 3.8) is 0 Å². The zero-order chi connectivity index (χ0) is 15.5. The fourth-order valence-corrected chi connectivity index (χ4v) is 3.96. The lowest BCUT2D eigenvalue weighted by atomic mass is 9.70. The normalized spacial score (nSPS) is 35.3. The van der Waals surface area contributed by atoms with E-state index in [1.165, 1.54) is 51.6 Å². The highest BCUT2D eigenvalue weighted by molar-refractivity contribution is 4.93. The standard InChI is InChI=1S/C18H36N2O/c1-15-7-9-18(10-8-15,13-19-17(2,3)4)14-20-11-5-6-16(20)12-21/h15-16,19,21H,5-14H2,1-4H3. The maximum atomic E-state index is 9.59. The summed E-state index contributed by atoms with van der Waals surface area (Å²) in [6, 6.07) is 0.413. The van der Waals surface area contributed by atoms with Crippen molar-refractivity contribution in [3.8, 4) is 0 Å². The Balaban J connectivity index is 2.01. The van der Waals surface area contributed by atoms with Gasteiger partial charge in [0.2, 0.25) is 0 Å². The van der Waals surface area contributed by atoms with Crippen molar-refractivity contribution in [2.24, 2.45) is 11.3 Å². The molecule has 2 N–H and O–H groups in total. The minimum absolute atomic E-state index is 0.192. The third-order valence-electron chi connectivity index (χ3n) is 5.58. The molecule has 2 aliphatic rings. The molecule has 1 aliphatic carbocycles. The fraction of sp³-hybridized carbons (Fsp3) is 1.00. The van der Waals surface area contributed by atoms with Crippen LogP contribution in [-0.2, 0) is 0 Å². The van der Waals surface area contributed by atoms with Crippen LogP contribution in [0.2, 0.25) is 0 Å². The first-order valence-electron chi connectivity index (χ1n) is 8.93. The van der Waals surface area contributed by atoms with Crippen molar-refractivity contribution in [2.45, 2.75) is 77.8 Å². The van der Waals surface area contributed by atoms with Crippen LogP contribution in [0.15, 0.2) is 0 Å². The molecule has 0 aromatic heterocycles. The van der Waals surface area contributed by atoms with Crippen molar-refractivity contribution in [1.29, 1.82) is 0 Å². The van der Waals surface area contributed by atoms with Gasteiger partial charge >= 0.3 is 0 Å². The fourth-order valence-electron chi connectivity index (χ4n) is 3.96. The van der Waals surface area contributed by atoms with Crippen LogP contribution in [0.1, 0.15) is 66.2 Å². The Morgan fingerprint density at radius 3 is 2.43 bits per heavy atom. The van der Waals surface area contributed by atoms with Gasteiger partial charge in [0.25, 0.3) is 0 Å². The lowest BCUT2D eigenvalue weighted by Crippen LogP contribution is -2.51. The van der Waals surface area contributed by atoms with E-state index in [-0.39, 0.29) is 5.54 Å². The molecule has 0 aromatic carbocycles. The first kappa shape index (κ1) is 17.2. The smallest absolute Gasteiger partial charge is 0.0586 e. The predicted octanol–water partition coefficient (Wildman–Crippen LogP) is 3.03. The molecule has 1 saturated carbocycles. The van der Waals surface area contributed by atoms with Crippen LogP contribution in [-0.4, -0.2) is 47.8 Å². The van der Waals surface area contributed by atoms with Gasteiger partial charge in [-0.15, -0.1) is 0 Å². The highest BCUT2D eigenvalue weighted by Crippen LogP contribution is 2.40. The van der Waals surface area contributed by atoms with Crippen LogP contribution >= 0.6 is 0 Å². The maximum Gasteiger partial charge on any atom is 0.0586 e. The van der Waals surface area contributed by atoms with Crippen LogP contribution < -0.4 is 5.32 Å². The SMILES string of the molecule is CC1CCC(CNC(C)(C)C)(CN2CCCC2CO)CC1. The maximum absolute atomic E-state index is 9.59. The molecule has 3 heteroatoms. The average molecular weight is 296 g/mol. The summed E-state index contributed by atoms with van der Waals surface area (Å²) < 4.78 is 0. The van der Waals surface area contributed by atoms with Gasteiger partial charge in [-0.3, -0.25) is 4.90 Å². The molecule has 0 spiro atoms. The summed E-state index contributed by atoms with van der Waals surface area (Å²) in [6.45, 7) is 13.0. The number of likely N-dealkylation sites (tertiary alicyclic amines) is 1. The molecule has 0 bridgehead atoms. The molecule has 1 aliphatic heterocycles. The van der Waals surface area contributed by atoms with Crippen LogP contribution in [0, 0.1) is 11.3 Å². The van der Waals surface area contributed by atoms with E-state index in [0.717, 1.165) is 12.5 Å². The number of hydrogen-bond donors (Lipinski definition) is 2. The van der Waals surface area contributed by atoms with E-state index in [4.69, 9.17) is 0 Å². The monoisotopic (exact) mass is 296 g/mol. The lowest BCUT2D eigenvalue weighted by Gasteiger charge is -2.44. The van der Waals surface area contributed by atoms with E-state index in [1.54, 1.807) is 0 Å². The Morgan fingerprint density at radius 2 is 1.86 bits per heavy atom. The summed E-state index contributed by atoms with van der Waals surface area (Å²) in [4.78, 5) is 2.57.